The van der Waals surface area contributed by atoms with Crippen molar-refractivity contribution in [3.05, 3.63) is 34.6 Å². The standard InChI is InChI=1S/C10H7ClFNO2/c1-15-10(14)6-2-3-9(12)7(4-11)8(6)5-13/h2-3H,4H2,1H3. The summed E-state index contributed by atoms with van der Waals surface area (Å²) in [4.78, 5) is 11.2. The number of nitriles is 1. The van der Waals surface area contributed by atoms with Crippen molar-refractivity contribution in [1.29, 1.82) is 5.26 Å². The van der Waals surface area contributed by atoms with Gasteiger partial charge in [0.1, 0.15) is 11.9 Å². The largest absolute Gasteiger partial charge is 0.465 e. The smallest absolute Gasteiger partial charge is 0.339 e. The van der Waals surface area contributed by atoms with Crippen molar-refractivity contribution < 1.29 is 13.9 Å². The van der Waals surface area contributed by atoms with Gasteiger partial charge in [0.25, 0.3) is 0 Å². The van der Waals surface area contributed by atoms with Gasteiger partial charge >= 0.3 is 5.97 Å². The molecule has 1 rings (SSSR count). The van der Waals surface area contributed by atoms with E-state index >= 15 is 0 Å². The number of esters is 1. The fourth-order valence-electron chi connectivity index (χ4n) is 1.16. The first-order valence-corrected chi connectivity index (χ1v) is 4.55. The number of rotatable bonds is 2. The minimum absolute atomic E-state index is 0.0158. The fourth-order valence-corrected chi connectivity index (χ4v) is 1.42. The minimum atomic E-state index is -0.682. The second-order valence-electron chi connectivity index (χ2n) is 2.69. The Hall–Kier alpha value is -1.60. The number of nitrogens with zero attached hydrogens (tertiary/aromatic N) is 1. The van der Waals surface area contributed by atoms with Crippen LogP contribution in [-0.2, 0) is 10.6 Å². The van der Waals surface area contributed by atoms with Crippen molar-refractivity contribution in [3.8, 4) is 6.07 Å². The molecule has 0 fully saturated rings. The van der Waals surface area contributed by atoms with Gasteiger partial charge in [0, 0.05) is 5.56 Å². The molecule has 5 heteroatoms. The van der Waals surface area contributed by atoms with Crippen LogP contribution in [0.15, 0.2) is 12.1 Å². The number of methoxy groups -OCH3 is 1. The van der Waals surface area contributed by atoms with Gasteiger partial charge in [0.05, 0.1) is 24.1 Å². The molecule has 1 aromatic carbocycles. The summed E-state index contributed by atoms with van der Waals surface area (Å²) in [5.41, 5.74) is -0.0315. The Labute approximate surface area is 91.0 Å². The number of alkyl halides is 1. The molecule has 0 spiro atoms. The van der Waals surface area contributed by atoms with Gasteiger partial charge in [-0.3, -0.25) is 0 Å². The van der Waals surface area contributed by atoms with E-state index in [2.05, 4.69) is 4.74 Å². The summed E-state index contributed by atoms with van der Waals surface area (Å²) >= 11 is 5.49. The summed E-state index contributed by atoms with van der Waals surface area (Å²) in [6.07, 6.45) is 0. The first-order valence-electron chi connectivity index (χ1n) is 4.01. The Bertz CT molecular complexity index is 440. The molecule has 0 amide bonds. The molecule has 0 atom stereocenters. The summed E-state index contributed by atoms with van der Waals surface area (Å²) in [5, 5.41) is 8.82. The van der Waals surface area contributed by atoms with Crippen LogP contribution in [0.2, 0.25) is 0 Å². The number of benzene rings is 1. The molecule has 0 aliphatic carbocycles. The number of hydrogen-bond acceptors (Lipinski definition) is 3. The lowest BCUT2D eigenvalue weighted by atomic mass is 10.0. The van der Waals surface area contributed by atoms with Crippen LogP contribution >= 0.6 is 11.6 Å². The first-order chi connectivity index (χ1) is 7.15. The summed E-state index contributed by atoms with van der Waals surface area (Å²) in [5.74, 6) is -1.45. The van der Waals surface area contributed by atoms with Gasteiger partial charge in [-0.2, -0.15) is 5.26 Å². The third-order valence-corrected chi connectivity index (χ3v) is 2.17. The van der Waals surface area contributed by atoms with E-state index in [0.717, 1.165) is 6.07 Å². The number of carbonyl (C=O) groups is 1. The highest BCUT2D eigenvalue weighted by molar-refractivity contribution is 6.17. The van der Waals surface area contributed by atoms with E-state index in [1.165, 1.54) is 13.2 Å². The van der Waals surface area contributed by atoms with Crippen molar-refractivity contribution in [2.45, 2.75) is 5.88 Å². The SMILES string of the molecule is COC(=O)c1ccc(F)c(CCl)c1C#N. The van der Waals surface area contributed by atoms with Crippen LogP contribution in [0.1, 0.15) is 21.5 Å². The predicted molar refractivity (Wildman–Crippen MR) is 52.0 cm³/mol. The molecule has 0 unspecified atom stereocenters. The van der Waals surface area contributed by atoms with Gasteiger partial charge in [-0.1, -0.05) is 0 Å². The molecule has 0 aliphatic rings. The van der Waals surface area contributed by atoms with Gasteiger partial charge < -0.3 is 4.74 Å². The van der Waals surface area contributed by atoms with E-state index in [4.69, 9.17) is 16.9 Å². The van der Waals surface area contributed by atoms with Gasteiger partial charge in [0.2, 0.25) is 0 Å². The number of hydrogen-bond donors (Lipinski definition) is 0. The minimum Gasteiger partial charge on any atom is -0.465 e. The molecule has 0 radical (unpaired) electrons. The fraction of sp³-hybridized carbons (Fsp3) is 0.200. The molecule has 3 nitrogen and oxygen atoms in total. The molecule has 0 saturated carbocycles. The van der Waals surface area contributed by atoms with Crippen molar-refractivity contribution in [1.82, 2.24) is 0 Å². The zero-order valence-corrected chi connectivity index (χ0v) is 8.64. The third kappa shape index (κ3) is 2.08. The normalized spacial score (nSPS) is 9.47. The highest BCUT2D eigenvalue weighted by Crippen LogP contribution is 2.20. The van der Waals surface area contributed by atoms with E-state index in [9.17, 15) is 9.18 Å². The second-order valence-corrected chi connectivity index (χ2v) is 2.95. The van der Waals surface area contributed by atoms with Crippen LogP contribution in [0.3, 0.4) is 0 Å². The number of ether oxygens (including phenoxy) is 1. The Morgan fingerprint density at radius 1 is 1.67 bits per heavy atom. The average Bonchev–Trinajstić information content (AvgIpc) is 2.27. The van der Waals surface area contributed by atoms with Gasteiger partial charge in [-0.15, -0.1) is 11.6 Å². The molecule has 1 aromatic rings. The van der Waals surface area contributed by atoms with Gasteiger partial charge in [-0.05, 0) is 12.1 Å². The third-order valence-electron chi connectivity index (χ3n) is 1.91. The summed E-state index contributed by atoms with van der Waals surface area (Å²) in [7, 11) is 1.19. The van der Waals surface area contributed by atoms with E-state index in [0.29, 0.717) is 0 Å². The Kier molecular flexibility index (Phi) is 3.64. The zero-order chi connectivity index (χ0) is 11.4. The van der Waals surface area contributed by atoms with Crippen molar-refractivity contribution in [2.75, 3.05) is 7.11 Å². The summed E-state index contributed by atoms with van der Waals surface area (Å²) in [6.45, 7) is 0. The van der Waals surface area contributed by atoms with Crippen molar-refractivity contribution in [2.24, 2.45) is 0 Å². The van der Waals surface area contributed by atoms with Crippen molar-refractivity contribution >= 4 is 17.6 Å². The van der Waals surface area contributed by atoms with Crippen LogP contribution in [0.5, 0.6) is 0 Å². The van der Waals surface area contributed by atoms with Crippen molar-refractivity contribution in [3.63, 3.8) is 0 Å². The molecular formula is C10H7ClFNO2. The Morgan fingerprint density at radius 2 is 2.33 bits per heavy atom. The molecule has 0 heterocycles. The second kappa shape index (κ2) is 4.76. The maximum atomic E-state index is 13.2. The van der Waals surface area contributed by atoms with E-state index < -0.39 is 11.8 Å². The summed E-state index contributed by atoms with van der Waals surface area (Å²) in [6, 6.07) is 4.04. The topological polar surface area (TPSA) is 50.1 Å². The molecule has 0 aliphatic heterocycles. The van der Waals surface area contributed by atoms with Crippen LogP contribution in [-0.4, -0.2) is 13.1 Å². The molecule has 0 bridgehead atoms. The quantitative estimate of drug-likeness (QED) is 0.575. The lowest BCUT2D eigenvalue weighted by Crippen LogP contribution is -2.07. The maximum Gasteiger partial charge on any atom is 0.339 e. The molecular weight excluding hydrogens is 221 g/mol. The lowest BCUT2D eigenvalue weighted by molar-refractivity contribution is 0.0600. The lowest BCUT2D eigenvalue weighted by Gasteiger charge is -2.06. The monoisotopic (exact) mass is 227 g/mol. The van der Waals surface area contributed by atoms with Crippen LogP contribution < -0.4 is 0 Å². The highest BCUT2D eigenvalue weighted by atomic mass is 35.5. The van der Waals surface area contributed by atoms with Gasteiger partial charge in [0.15, 0.2) is 0 Å². The Morgan fingerprint density at radius 3 is 2.80 bits per heavy atom. The number of halogens is 2. The molecule has 0 N–H and O–H groups in total. The van der Waals surface area contributed by atoms with E-state index in [1.54, 1.807) is 6.07 Å². The highest BCUT2D eigenvalue weighted by Gasteiger charge is 2.17. The van der Waals surface area contributed by atoms with E-state index in [-0.39, 0.29) is 22.6 Å². The zero-order valence-electron chi connectivity index (χ0n) is 7.88. The first kappa shape index (κ1) is 11.5. The van der Waals surface area contributed by atoms with Crippen LogP contribution in [0.4, 0.5) is 4.39 Å². The average molecular weight is 228 g/mol. The van der Waals surface area contributed by atoms with Gasteiger partial charge in [-0.25, -0.2) is 9.18 Å². The maximum absolute atomic E-state index is 13.2. The molecule has 0 aromatic heterocycles. The Balaban J connectivity index is 3.43. The summed E-state index contributed by atoms with van der Waals surface area (Å²) < 4.78 is 17.7. The van der Waals surface area contributed by atoms with Crippen LogP contribution in [0.25, 0.3) is 0 Å². The predicted octanol–water partition coefficient (Wildman–Crippen LogP) is 2.22. The number of carbonyl (C=O) groups excluding carboxylic acids is 1. The molecule has 78 valence electrons. The molecule has 0 saturated heterocycles. The molecule has 15 heavy (non-hydrogen) atoms. The van der Waals surface area contributed by atoms with Crippen LogP contribution in [0, 0.1) is 17.1 Å². The van der Waals surface area contributed by atoms with E-state index in [1.807, 2.05) is 0 Å².